The molecule has 0 radical (unpaired) electrons. The van der Waals surface area contributed by atoms with Gasteiger partial charge in [0.15, 0.2) is 0 Å². The molecule has 1 aromatic heterocycles. The zero-order valence-electron chi connectivity index (χ0n) is 12.1. The van der Waals surface area contributed by atoms with Crippen molar-refractivity contribution in [2.24, 2.45) is 0 Å². The molecular formula is C16H19N3O. The minimum atomic E-state index is 0.146. The summed E-state index contributed by atoms with van der Waals surface area (Å²) in [6.45, 7) is 5.53. The first-order valence-electron chi connectivity index (χ1n) is 6.91. The maximum atomic E-state index is 5.73. The van der Waals surface area contributed by atoms with Crippen molar-refractivity contribution >= 4 is 0 Å². The minimum absolute atomic E-state index is 0.146. The van der Waals surface area contributed by atoms with E-state index in [0.29, 0.717) is 6.61 Å². The topological polar surface area (TPSA) is 47.0 Å². The van der Waals surface area contributed by atoms with Crippen LogP contribution in [0, 0.1) is 13.8 Å². The van der Waals surface area contributed by atoms with Gasteiger partial charge in [0.25, 0.3) is 0 Å². The number of ether oxygens (including phenoxy) is 1. The second kappa shape index (κ2) is 5.21. The summed E-state index contributed by atoms with van der Waals surface area (Å²) in [6.07, 6.45) is 0. The SMILES string of the molecule is CNCc1c(C)nc(C2COc3ccccc32)nc1C. The molecule has 1 aliphatic heterocycles. The van der Waals surface area contributed by atoms with Gasteiger partial charge >= 0.3 is 0 Å². The van der Waals surface area contributed by atoms with E-state index in [2.05, 4.69) is 11.4 Å². The Morgan fingerprint density at radius 2 is 1.90 bits per heavy atom. The molecule has 1 aliphatic rings. The summed E-state index contributed by atoms with van der Waals surface area (Å²) in [5.41, 5.74) is 4.47. The van der Waals surface area contributed by atoms with Crippen LogP contribution in [0.15, 0.2) is 24.3 Å². The molecule has 4 heteroatoms. The van der Waals surface area contributed by atoms with Crippen LogP contribution in [-0.4, -0.2) is 23.6 Å². The van der Waals surface area contributed by atoms with Crippen molar-refractivity contribution in [3.05, 3.63) is 52.6 Å². The Morgan fingerprint density at radius 3 is 2.60 bits per heavy atom. The summed E-state index contributed by atoms with van der Waals surface area (Å²) in [4.78, 5) is 9.40. The zero-order valence-corrected chi connectivity index (χ0v) is 12.1. The number of rotatable bonds is 3. The molecule has 20 heavy (non-hydrogen) atoms. The Balaban J connectivity index is 2.00. The fourth-order valence-electron chi connectivity index (χ4n) is 2.73. The van der Waals surface area contributed by atoms with E-state index in [1.165, 1.54) is 11.1 Å². The minimum Gasteiger partial charge on any atom is -0.492 e. The standard InChI is InChI=1S/C16H19N3O/c1-10-13(8-17-3)11(2)19-16(18-10)14-9-20-15-7-5-4-6-12(14)15/h4-7,14,17H,8-9H2,1-3H3. The molecule has 1 unspecified atom stereocenters. The summed E-state index contributed by atoms with van der Waals surface area (Å²) in [5, 5.41) is 3.17. The molecule has 0 bridgehead atoms. The Hall–Kier alpha value is -1.94. The van der Waals surface area contributed by atoms with E-state index < -0.39 is 0 Å². The maximum Gasteiger partial charge on any atom is 0.139 e. The molecular weight excluding hydrogens is 250 g/mol. The molecule has 3 rings (SSSR count). The lowest BCUT2D eigenvalue weighted by molar-refractivity contribution is 0.339. The van der Waals surface area contributed by atoms with Gasteiger partial charge in [-0.05, 0) is 27.0 Å². The van der Waals surface area contributed by atoms with Gasteiger partial charge in [-0.15, -0.1) is 0 Å². The summed E-state index contributed by atoms with van der Waals surface area (Å²) in [5.74, 6) is 1.97. The molecule has 1 aromatic carbocycles. The van der Waals surface area contributed by atoms with Crippen molar-refractivity contribution in [1.82, 2.24) is 15.3 Å². The van der Waals surface area contributed by atoms with Gasteiger partial charge in [-0.25, -0.2) is 9.97 Å². The number of aromatic nitrogens is 2. The third kappa shape index (κ3) is 2.16. The van der Waals surface area contributed by atoms with Gasteiger partial charge in [0, 0.05) is 29.1 Å². The molecule has 104 valence electrons. The van der Waals surface area contributed by atoms with E-state index in [-0.39, 0.29) is 5.92 Å². The highest BCUT2D eigenvalue weighted by Crippen LogP contribution is 2.36. The molecule has 4 nitrogen and oxygen atoms in total. The predicted octanol–water partition coefficient (Wildman–Crippen LogP) is 2.34. The van der Waals surface area contributed by atoms with Crippen LogP contribution in [0.3, 0.4) is 0 Å². The number of aryl methyl sites for hydroxylation is 2. The van der Waals surface area contributed by atoms with E-state index >= 15 is 0 Å². The number of hydrogen-bond donors (Lipinski definition) is 1. The van der Waals surface area contributed by atoms with Crippen LogP contribution in [0.4, 0.5) is 0 Å². The van der Waals surface area contributed by atoms with Crippen LogP contribution in [0.5, 0.6) is 5.75 Å². The number of hydrogen-bond acceptors (Lipinski definition) is 4. The number of fused-ring (bicyclic) bond motifs is 1. The molecule has 0 saturated heterocycles. The van der Waals surface area contributed by atoms with Crippen LogP contribution < -0.4 is 10.1 Å². The van der Waals surface area contributed by atoms with E-state index in [9.17, 15) is 0 Å². The largest absolute Gasteiger partial charge is 0.492 e. The van der Waals surface area contributed by atoms with Gasteiger partial charge in [-0.3, -0.25) is 0 Å². The van der Waals surface area contributed by atoms with Gasteiger partial charge in [0.2, 0.25) is 0 Å². The van der Waals surface area contributed by atoms with Gasteiger partial charge in [-0.2, -0.15) is 0 Å². The molecule has 0 saturated carbocycles. The smallest absolute Gasteiger partial charge is 0.139 e. The molecule has 0 amide bonds. The van der Waals surface area contributed by atoms with Crippen LogP contribution in [0.25, 0.3) is 0 Å². The molecule has 0 fully saturated rings. The highest BCUT2D eigenvalue weighted by molar-refractivity contribution is 5.43. The normalized spacial score (nSPS) is 16.9. The van der Waals surface area contributed by atoms with Crippen molar-refractivity contribution in [1.29, 1.82) is 0 Å². The second-order valence-corrected chi connectivity index (χ2v) is 5.16. The number of para-hydroxylation sites is 1. The van der Waals surface area contributed by atoms with E-state index in [1.54, 1.807) is 0 Å². The van der Waals surface area contributed by atoms with E-state index in [1.807, 2.05) is 39.1 Å². The monoisotopic (exact) mass is 269 g/mol. The van der Waals surface area contributed by atoms with E-state index in [0.717, 1.165) is 29.5 Å². The molecule has 2 heterocycles. The van der Waals surface area contributed by atoms with Gasteiger partial charge in [0.1, 0.15) is 18.2 Å². The molecule has 1 atom stereocenters. The van der Waals surface area contributed by atoms with Gasteiger partial charge < -0.3 is 10.1 Å². The van der Waals surface area contributed by atoms with E-state index in [4.69, 9.17) is 14.7 Å². The predicted molar refractivity (Wildman–Crippen MR) is 78.0 cm³/mol. The maximum absolute atomic E-state index is 5.73. The average Bonchev–Trinajstić information content (AvgIpc) is 2.86. The zero-order chi connectivity index (χ0) is 14.1. The summed E-state index contributed by atoms with van der Waals surface area (Å²) in [7, 11) is 1.94. The highest BCUT2D eigenvalue weighted by Gasteiger charge is 2.28. The Bertz CT molecular complexity index is 616. The third-order valence-corrected chi connectivity index (χ3v) is 3.80. The van der Waals surface area contributed by atoms with Crippen LogP contribution >= 0.6 is 0 Å². The summed E-state index contributed by atoms with van der Waals surface area (Å²) < 4.78 is 5.73. The average molecular weight is 269 g/mol. The molecule has 0 aliphatic carbocycles. The molecule has 1 N–H and O–H groups in total. The first-order valence-corrected chi connectivity index (χ1v) is 6.91. The third-order valence-electron chi connectivity index (χ3n) is 3.80. The van der Waals surface area contributed by atoms with Gasteiger partial charge in [-0.1, -0.05) is 18.2 Å². The number of nitrogens with zero attached hydrogens (tertiary/aromatic N) is 2. The number of benzene rings is 1. The van der Waals surface area contributed by atoms with Crippen molar-refractivity contribution in [2.75, 3.05) is 13.7 Å². The van der Waals surface area contributed by atoms with Crippen molar-refractivity contribution in [3.8, 4) is 5.75 Å². The van der Waals surface area contributed by atoms with Crippen LogP contribution in [-0.2, 0) is 6.54 Å². The van der Waals surface area contributed by atoms with Crippen molar-refractivity contribution in [2.45, 2.75) is 26.3 Å². The van der Waals surface area contributed by atoms with Crippen molar-refractivity contribution < 1.29 is 4.74 Å². The lowest BCUT2D eigenvalue weighted by atomic mass is 10.00. The van der Waals surface area contributed by atoms with Crippen LogP contribution in [0.1, 0.15) is 34.3 Å². The first-order chi connectivity index (χ1) is 9.70. The van der Waals surface area contributed by atoms with Crippen LogP contribution in [0.2, 0.25) is 0 Å². The number of nitrogens with one attached hydrogen (secondary N) is 1. The summed E-state index contributed by atoms with van der Waals surface area (Å²) in [6, 6.07) is 8.14. The Morgan fingerprint density at radius 1 is 1.20 bits per heavy atom. The second-order valence-electron chi connectivity index (χ2n) is 5.16. The lowest BCUT2D eigenvalue weighted by Crippen LogP contribution is -2.15. The fourth-order valence-corrected chi connectivity index (χ4v) is 2.73. The quantitative estimate of drug-likeness (QED) is 0.929. The van der Waals surface area contributed by atoms with Gasteiger partial charge in [0.05, 0.1) is 5.92 Å². The fraction of sp³-hybridized carbons (Fsp3) is 0.375. The highest BCUT2D eigenvalue weighted by atomic mass is 16.5. The summed E-state index contributed by atoms with van der Waals surface area (Å²) >= 11 is 0. The molecule has 0 spiro atoms. The lowest BCUT2D eigenvalue weighted by Gasteiger charge is -2.13. The Kier molecular flexibility index (Phi) is 3.40. The Labute approximate surface area is 119 Å². The molecule has 2 aromatic rings. The first kappa shape index (κ1) is 13.1. The van der Waals surface area contributed by atoms with Crippen molar-refractivity contribution in [3.63, 3.8) is 0 Å².